The second kappa shape index (κ2) is 6.41. The van der Waals surface area contributed by atoms with Gasteiger partial charge in [-0.25, -0.2) is 0 Å². The van der Waals surface area contributed by atoms with Crippen molar-refractivity contribution in [2.24, 2.45) is 0 Å². The molecule has 0 radical (unpaired) electrons. The molecule has 0 amide bonds. The third-order valence-electron chi connectivity index (χ3n) is 3.11. The predicted octanol–water partition coefficient (Wildman–Crippen LogP) is 3.59. The highest BCUT2D eigenvalue weighted by Crippen LogP contribution is 2.18. The van der Waals surface area contributed by atoms with Crippen molar-refractivity contribution in [2.45, 2.75) is 12.8 Å². The summed E-state index contributed by atoms with van der Waals surface area (Å²) in [7, 11) is 4.24. The minimum Gasteiger partial charge on any atom is -0.385 e. The number of fused-ring (bicyclic) bond motifs is 1. The molecule has 18 heavy (non-hydrogen) atoms. The molecule has 0 aromatic heterocycles. The maximum Gasteiger partial charge on any atom is 0.0346 e. The van der Waals surface area contributed by atoms with E-state index in [1.165, 1.54) is 35.8 Å². The van der Waals surface area contributed by atoms with E-state index in [1.54, 1.807) is 0 Å². The Morgan fingerprint density at radius 3 is 2.50 bits per heavy atom. The van der Waals surface area contributed by atoms with Crippen LogP contribution in [0.5, 0.6) is 0 Å². The lowest BCUT2D eigenvalue weighted by molar-refractivity contribution is 0.396. The van der Waals surface area contributed by atoms with Gasteiger partial charge in [0.15, 0.2) is 0 Å². The third kappa shape index (κ3) is 3.74. The summed E-state index contributed by atoms with van der Waals surface area (Å²) in [6.07, 6.45) is 2.46. The van der Waals surface area contributed by atoms with Gasteiger partial charge in [-0.05, 0) is 56.4 Å². The predicted molar refractivity (Wildman–Crippen MR) is 80.2 cm³/mol. The summed E-state index contributed by atoms with van der Waals surface area (Å²) in [5, 5.41) is 6.10. The molecule has 0 saturated heterocycles. The molecule has 0 bridgehead atoms. The molecule has 0 aliphatic rings. The van der Waals surface area contributed by atoms with Crippen molar-refractivity contribution in [3.05, 3.63) is 42.5 Å². The van der Waals surface area contributed by atoms with E-state index in [1.807, 2.05) is 0 Å². The molecule has 0 fully saturated rings. The molecule has 0 aliphatic carbocycles. The monoisotopic (exact) mass is 242 g/mol. The number of unbranched alkanes of at least 4 members (excludes halogenated alkanes) is 1. The normalized spacial score (nSPS) is 11.1. The highest BCUT2D eigenvalue weighted by Gasteiger charge is 1.96. The summed E-state index contributed by atoms with van der Waals surface area (Å²) in [5.41, 5.74) is 1.22. The topological polar surface area (TPSA) is 15.3 Å². The zero-order valence-corrected chi connectivity index (χ0v) is 11.3. The fourth-order valence-corrected chi connectivity index (χ4v) is 2.09. The van der Waals surface area contributed by atoms with Crippen molar-refractivity contribution in [3.8, 4) is 0 Å². The van der Waals surface area contributed by atoms with Crippen LogP contribution < -0.4 is 5.32 Å². The minimum atomic E-state index is 1.05. The Morgan fingerprint density at radius 1 is 0.944 bits per heavy atom. The van der Waals surface area contributed by atoms with Crippen LogP contribution in [0.25, 0.3) is 10.8 Å². The first kappa shape index (κ1) is 12.9. The largest absolute Gasteiger partial charge is 0.385 e. The van der Waals surface area contributed by atoms with Crippen LogP contribution in [-0.2, 0) is 0 Å². The highest BCUT2D eigenvalue weighted by molar-refractivity contribution is 5.85. The quantitative estimate of drug-likeness (QED) is 0.779. The molecule has 96 valence electrons. The van der Waals surface area contributed by atoms with Crippen LogP contribution in [0.2, 0.25) is 0 Å². The van der Waals surface area contributed by atoms with Crippen LogP contribution >= 0.6 is 0 Å². The first-order chi connectivity index (χ1) is 8.75. The number of benzene rings is 2. The van der Waals surface area contributed by atoms with Crippen molar-refractivity contribution in [2.75, 3.05) is 32.5 Å². The molecule has 0 saturated carbocycles. The van der Waals surface area contributed by atoms with E-state index >= 15 is 0 Å². The van der Waals surface area contributed by atoms with Gasteiger partial charge in [0.1, 0.15) is 0 Å². The van der Waals surface area contributed by atoms with Crippen LogP contribution in [-0.4, -0.2) is 32.1 Å². The summed E-state index contributed by atoms with van der Waals surface area (Å²) in [6, 6.07) is 15.0. The first-order valence-electron chi connectivity index (χ1n) is 6.63. The van der Waals surface area contributed by atoms with Crippen molar-refractivity contribution in [1.82, 2.24) is 4.90 Å². The van der Waals surface area contributed by atoms with Crippen molar-refractivity contribution in [3.63, 3.8) is 0 Å². The standard InChI is InChI=1S/C16H22N2/c1-18(2)12-6-5-11-17-16-10-9-14-7-3-4-8-15(14)13-16/h3-4,7-10,13,17H,5-6,11-12H2,1-2H3. The summed E-state index contributed by atoms with van der Waals surface area (Å²) in [4.78, 5) is 2.23. The Bertz CT molecular complexity index is 491. The average molecular weight is 242 g/mol. The number of nitrogens with one attached hydrogen (secondary N) is 1. The van der Waals surface area contributed by atoms with Crippen molar-refractivity contribution < 1.29 is 0 Å². The van der Waals surface area contributed by atoms with E-state index in [0.29, 0.717) is 0 Å². The van der Waals surface area contributed by atoms with Crippen LogP contribution in [0, 0.1) is 0 Å². The van der Waals surface area contributed by atoms with Crippen LogP contribution in [0.1, 0.15) is 12.8 Å². The Morgan fingerprint density at radius 2 is 1.72 bits per heavy atom. The van der Waals surface area contributed by atoms with Crippen LogP contribution in [0.15, 0.2) is 42.5 Å². The van der Waals surface area contributed by atoms with Gasteiger partial charge in [-0.2, -0.15) is 0 Å². The van der Waals surface area contributed by atoms with Crippen molar-refractivity contribution >= 4 is 16.5 Å². The van der Waals surface area contributed by atoms with E-state index in [2.05, 4.69) is 66.8 Å². The van der Waals surface area contributed by atoms with Gasteiger partial charge in [-0.3, -0.25) is 0 Å². The number of anilines is 1. The number of hydrogen-bond acceptors (Lipinski definition) is 2. The lowest BCUT2D eigenvalue weighted by Gasteiger charge is -2.10. The van der Waals surface area contributed by atoms with Gasteiger partial charge in [0, 0.05) is 12.2 Å². The van der Waals surface area contributed by atoms with E-state index in [-0.39, 0.29) is 0 Å². The Labute approximate surface area is 110 Å². The smallest absolute Gasteiger partial charge is 0.0346 e. The minimum absolute atomic E-state index is 1.05. The van der Waals surface area contributed by atoms with Crippen LogP contribution in [0.3, 0.4) is 0 Å². The molecule has 2 heteroatoms. The zero-order valence-electron chi connectivity index (χ0n) is 11.3. The molecular formula is C16H22N2. The molecule has 0 atom stereocenters. The molecule has 2 aromatic carbocycles. The zero-order chi connectivity index (χ0) is 12.8. The molecule has 1 N–H and O–H groups in total. The van der Waals surface area contributed by atoms with Gasteiger partial charge in [0.25, 0.3) is 0 Å². The number of nitrogens with zero attached hydrogens (tertiary/aromatic N) is 1. The second-order valence-corrected chi connectivity index (χ2v) is 5.00. The second-order valence-electron chi connectivity index (χ2n) is 5.00. The molecule has 0 heterocycles. The fraction of sp³-hybridized carbons (Fsp3) is 0.375. The summed E-state index contributed by atoms with van der Waals surface area (Å²) >= 11 is 0. The summed E-state index contributed by atoms with van der Waals surface area (Å²) in [6.45, 7) is 2.21. The highest BCUT2D eigenvalue weighted by atomic mass is 15.0. The van der Waals surface area contributed by atoms with Crippen molar-refractivity contribution in [1.29, 1.82) is 0 Å². The number of rotatable bonds is 6. The maximum atomic E-state index is 3.49. The lowest BCUT2D eigenvalue weighted by Crippen LogP contribution is -2.14. The molecular weight excluding hydrogens is 220 g/mol. The molecule has 2 nitrogen and oxygen atoms in total. The van der Waals surface area contributed by atoms with Gasteiger partial charge in [-0.1, -0.05) is 30.3 Å². The van der Waals surface area contributed by atoms with E-state index < -0.39 is 0 Å². The van der Waals surface area contributed by atoms with Crippen LogP contribution in [0.4, 0.5) is 5.69 Å². The Hall–Kier alpha value is -1.54. The summed E-state index contributed by atoms with van der Waals surface area (Å²) < 4.78 is 0. The Balaban J connectivity index is 1.84. The Kier molecular flexibility index (Phi) is 4.59. The molecule has 0 spiro atoms. The first-order valence-corrected chi connectivity index (χ1v) is 6.63. The van der Waals surface area contributed by atoms with Gasteiger partial charge in [-0.15, -0.1) is 0 Å². The summed E-state index contributed by atoms with van der Waals surface area (Å²) in [5.74, 6) is 0. The molecule has 0 aliphatic heterocycles. The van der Waals surface area contributed by atoms with E-state index in [4.69, 9.17) is 0 Å². The lowest BCUT2D eigenvalue weighted by atomic mass is 10.1. The van der Waals surface area contributed by atoms with Gasteiger partial charge in [0.2, 0.25) is 0 Å². The maximum absolute atomic E-state index is 3.49. The van der Waals surface area contributed by atoms with E-state index in [9.17, 15) is 0 Å². The van der Waals surface area contributed by atoms with Gasteiger partial charge >= 0.3 is 0 Å². The average Bonchev–Trinajstić information content (AvgIpc) is 2.38. The van der Waals surface area contributed by atoms with E-state index in [0.717, 1.165) is 6.54 Å². The number of hydrogen-bond donors (Lipinski definition) is 1. The third-order valence-corrected chi connectivity index (χ3v) is 3.11. The van der Waals surface area contributed by atoms with Gasteiger partial charge < -0.3 is 10.2 Å². The molecule has 2 aromatic rings. The SMILES string of the molecule is CN(C)CCCCNc1ccc2ccccc2c1. The fourth-order valence-electron chi connectivity index (χ4n) is 2.09. The van der Waals surface area contributed by atoms with Gasteiger partial charge in [0.05, 0.1) is 0 Å². The molecule has 0 unspecified atom stereocenters. The molecule has 2 rings (SSSR count).